The third-order valence-electron chi connectivity index (χ3n) is 19.3. The van der Waals surface area contributed by atoms with Crippen molar-refractivity contribution < 1.29 is 122 Å². The number of aliphatic hydroxyl groups excluding tert-OH is 7. The molecule has 20 N–H and O–H groups in total. The van der Waals surface area contributed by atoms with E-state index in [-0.39, 0.29) is 25.0 Å². The topological polar surface area (TPSA) is 589 Å². The summed E-state index contributed by atoms with van der Waals surface area (Å²) in [6.45, 7) is 13.2. The number of nitrogens with zero attached hydrogens (tertiary/aromatic N) is 2. The van der Waals surface area contributed by atoms with Gasteiger partial charge in [-0.25, -0.2) is 4.79 Å². The fraction of sp³-hybridized carbons (Fsp3) is 0.720. The third kappa shape index (κ3) is 31.6. The van der Waals surface area contributed by atoms with Crippen LogP contribution in [0.4, 0.5) is 0 Å². The highest BCUT2D eigenvalue weighted by Crippen LogP contribution is 2.25. The monoisotopic (exact) mass is 1600 g/mol. The number of unbranched alkanes of at least 4 members (excludes halogenated alkanes) is 10. The van der Waals surface area contributed by atoms with Crippen molar-refractivity contribution in [3.8, 4) is 5.75 Å². The number of aliphatic hydroxyl groups is 7. The molecule has 19 atom stereocenters. The zero-order valence-electron chi connectivity index (χ0n) is 66.4. The van der Waals surface area contributed by atoms with Gasteiger partial charge in [0.05, 0.1) is 62.1 Å². The van der Waals surface area contributed by atoms with E-state index in [0.29, 0.717) is 23.3 Å². The van der Waals surface area contributed by atoms with Crippen LogP contribution < -0.4 is 58.9 Å². The van der Waals surface area contributed by atoms with Gasteiger partial charge in [0.1, 0.15) is 83.9 Å². The van der Waals surface area contributed by atoms with Crippen LogP contribution in [0.25, 0.3) is 0 Å². The molecule has 0 unspecified atom stereocenters. The van der Waals surface area contributed by atoms with Gasteiger partial charge in [-0.3, -0.25) is 67.1 Å². The SMILES string of the molecule is CCCCCCCCCCCCC[C@@H]1CC(=O)N[C@H]([C@@H](C)O)C(=O)N[C@H](C)C(=O)N[C@@H](Cc2ccc(O)cc2)C(=O)N[C@@H](C(C)C)C(=O)N2C[C@H](O)C[C@H]2C(=O)N[C@H]([C@@H](C)O)C(=O)N[C@@H]([C@@H](C)O)C(=O)N2CC[C@H](O)[C@H]2C(=O)N[C@@H]([C@H](O)CC(N)=O)C(=O)NCC(=O)N[C@H]([C@@H](C)O)C(=O)N[C@@H](CCC(=O)OC(C)(C)C)C(=O)O1. The second kappa shape index (κ2) is 46.2. The minimum atomic E-state index is -2.25. The van der Waals surface area contributed by atoms with Crippen molar-refractivity contribution in [3.63, 3.8) is 0 Å². The van der Waals surface area contributed by atoms with Crippen molar-refractivity contribution in [2.45, 2.75) is 319 Å². The number of nitrogens with one attached hydrogen (secondary N) is 10. The number of phenolic OH excluding ortho intramolecular Hbond substituents is 1. The minimum absolute atomic E-state index is 0.00498. The molecule has 3 saturated heterocycles. The molecule has 0 bridgehead atoms. The number of amides is 13. The maximum Gasteiger partial charge on any atom is 0.328 e. The lowest BCUT2D eigenvalue weighted by molar-refractivity contribution is -0.158. The summed E-state index contributed by atoms with van der Waals surface area (Å²) in [4.78, 5) is 213. The third-order valence-corrected chi connectivity index (χ3v) is 19.3. The number of esters is 2. The number of rotatable bonds is 25. The Morgan fingerprint density at radius 3 is 1.61 bits per heavy atom. The summed E-state index contributed by atoms with van der Waals surface area (Å²) in [6, 6.07) is -14.9. The van der Waals surface area contributed by atoms with E-state index in [1.54, 1.807) is 20.8 Å². The quantitative estimate of drug-likeness (QED) is 0.0327. The number of cyclic esters (lactones) is 1. The number of primary amides is 1. The lowest BCUT2D eigenvalue weighted by Gasteiger charge is -2.34. The first kappa shape index (κ1) is 96.2. The lowest BCUT2D eigenvalue weighted by Crippen LogP contribution is -2.64. The highest BCUT2D eigenvalue weighted by molar-refractivity contribution is 6.00. The van der Waals surface area contributed by atoms with Gasteiger partial charge in [0.15, 0.2) is 0 Å². The summed E-state index contributed by atoms with van der Waals surface area (Å²) >= 11 is 0. The molecule has 1 aromatic carbocycles. The zero-order chi connectivity index (χ0) is 84.9. The number of aromatic hydroxyl groups is 1. The molecule has 636 valence electrons. The van der Waals surface area contributed by atoms with Gasteiger partial charge in [-0.05, 0) is 105 Å². The molecule has 0 radical (unpaired) electrons. The maximum atomic E-state index is 14.8. The van der Waals surface area contributed by atoms with Gasteiger partial charge in [-0.15, -0.1) is 0 Å². The zero-order valence-corrected chi connectivity index (χ0v) is 66.4. The number of phenols is 1. The molecule has 38 nitrogen and oxygen atoms in total. The second-order valence-electron chi connectivity index (χ2n) is 30.9. The van der Waals surface area contributed by atoms with Gasteiger partial charge < -0.3 is 119 Å². The van der Waals surface area contributed by atoms with Gasteiger partial charge in [-0.1, -0.05) is 97.1 Å². The van der Waals surface area contributed by atoms with Gasteiger partial charge >= 0.3 is 11.9 Å². The van der Waals surface area contributed by atoms with E-state index >= 15 is 0 Å². The predicted octanol–water partition coefficient (Wildman–Crippen LogP) is -4.09. The van der Waals surface area contributed by atoms with Crippen molar-refractivity contribution in [2.75, 3.05) is 19.6 Å². The Morgan fingerprint density at radius 1 is 0.566 bits per heavy atom. The number of fused-ring (bicyclic) bond motifs is 2. The number of carbonyl (C=O) groups is 15. The van der Waals surface area contributed by atoms with Crippen LogP contribution in [0.5, 0.6) is 5.75 Å². The molecule has 0 aliphatic carbocycles. The van der Waals surface area contributed by atoms with Crippen LogP contribution >= 0.6 is 0 Å². The molecule has 0 spiro atoms. The van der Waals surface area contributed by atoms with Crippen LogP contribution in [0.3, 0.4) is 0 Å². The van der Waals surface area contributed by atoms with Crippen molar-refractivity contribution >= 4 is 88.7 Å². The molecule has 3 aliphatic rings. The smallest absolute Gasteiger partial charge is 0.328 e. The fourth-order valence-corrected chi connectivity index (χ4v) is 13.1. The van der Waals surface area contributed by atoms with Crippen LogP contribution in [0, 0.1) is 5.92 Å². The minimum Gasteiger partial charge on any atom is -0.508 e. The Kier molecular flexibility index (Phi) is 39.3. The van der Waals surface area contributed by atoms with E-state index in [0.717, 1.165) is 90.4 Å². The average molecular weight is 1600 g/mol. The Morgan fingerprint density at radius 2 is 1.06 bits per heavy atom. The summed E-state index contributed by atoms with van der Waals surface area (Å²) in [5, 5.41) is 111. The van der Waals surface area contributed by atoms with E-state index in [4.69, 9.17) is 15.2 Å². The van der Waals surface area contributed by atoms with Gasteiger partial charge in [-0.2, -0.15) is 0 Å². The fourth-order valence-electron chi connectivity index (χ4n) is 13.1. The van der Waals surface area contributed by atoms with Crippen molar-refractivity contribution in [3.05, 3.63) is 29.8 Å². The molecule has 0 aromatic heterocycles. The summed E-state index contributed by atoms with van der Waals surface area (Å²) in [5.41, 5.74) is 4.66. The Bertz CT molecular complexity index is 3410. The number of nitrogens with two attached hydrogens (primary N) is 1. The summed E-state index contributed by atoms with van der Waals surface area (Å²) in [6.07, 6.45) is -7.84. The molecular weight excluding hydrogens is 1480 g/mol. The largest absolute Gasteiger partial charge is 0.508 e. The number of carbonyl (C=O) groups excluding carboxylic acids is 15. The normalized spacial score (nSPS) is 27.5. The maximum absolute atomic E-state index is 14.8. The van der Waals surface area contributed by atoms with Crippen molar-refractivity contribution in [2.24, 2.45) is 11.7 Å². The summed E-state index contributed by atoms with van der Waals surface area (Å²) in [5.74, 6) is -18.5. The molecular formula is C75H121N13O25. The molecule has 1 aromatic rings. The van der Waals surface area contributed by atoms with E-state index < -0.39 is 267 Å². The van der Waals surface area contributed by atoms with Gasteiger partial charge in [0, 0.05) is 32.4 Å². The molecule has 0 saturated carbocycles. The molecule has 13 amide bonds. The molecule has 38 heteroatoms. The Hall–Kier alpha value is -9.21. The van der Waals surface area contributed by atoms with Gasteiger partial charge in [0.2, 0.25) is 76.8 Å². The average Bonchev–Trinajstić information content (AvgIpc) is 1.69. The Balaban J connectivity index is 1.84. The predicted molar refractivity (Wildman–Crippen MR) is 402 cm³/mol. The number of hydrogen-bond acceptors (Lipinski definition) is 25. The standard InChI is InChI=1S/C75H121N13O25/c1-12-13-14-15-16-17-18-19-20-21-22-23-47-34-54(98)81-58(40(5)89)68(105)78-39(4)64(101)80-49(32-44-24-26-45(93)27-25-44)65(102)83-57(38(2)3)72(109)88-37-46(94)33-50(88)66(103)84-60(42(7)91)70(107)85-61(43(8)92)73(110)87-31-30-51(95)63(87)71(108)86-62(52(96)35-53(76)97)67(104)77-36-55(99)82-59(41(6)90)69(106)79-48(74(111)112-47)28-29-56(100)113-75(9,10)11/h24-27,38-43,46-52,57-63,89-96H,12-23,28-37H2,1-11H3,(H2,76,97)(H,77,104)(H,78,105)(H,79,106)(H,80,101)(H,81,98)(H,82,99)(H,83,102)(H,84,103)(H,85,107)(H,86,108)/t39-,40-,41-,42-,43-,46-,47-,48+,49+,50+,51+,52-,57+,58-,59-,60-,61+,62+,63+/m1/s1. The Labute approximate surface area is 657 Å². The summed E-state index contributed by atoms with van der Waals surface area (Å²) in [7, 11) is 0. The van der Waals surface area contributed by atoms with E-state index in [9.17, 15) is 113 Å². The van der Waals surface area contributed by atoms with E-state index in [1.807, 2.05) is 0 Å². The molecule has 3 heterocycles. The number of hydrogen-bond donors (Lipinski definition) is 19. The van der Waals surface area contributed by atoms with Crippen molar-refractivity contribution in [1.29, 1.82) is 0 Å². The lowest BCUT2D eigenvalue weighted by atomic mass is 9.99. The van der Waals surface area contributed by atoms with Gasteiger partial charge in [0.25, 0.3) is 0 Å². The van der Waals surface area contributed by atoms with E-state index in [1.165, 1.54) is 45.0 Å². The van der Waals surface area contributed by atoms with Crippen LogP contribution in [0.1, 0.15) is 197 Å². The van der Waals surface area contributed by atoms with Crippen LogP contribution in [0.2, 0.25) is 0 Å². The summed E-state index contributed by atoms with van der Waals surface area (Å²) < 4.78 is 11.4. The van der Waals surface area contributed by atoms with Crippen LogP contribution in [-0.2, 0) is 87.8 Å². The first-order chi connectivity index (χ1) is 52.9. The van der Waals surface area contributed by atoms with Crippen molar-refractivity contribution in [1.82, 2.24) is 63.0 Å². The van der Waals surface area contributed by atoms with E-state index in [2.05, 4.69) is 60.1 Å². The highest BCUT2D eigenvalue weighted by Gasteiger charge is 2.49. The number of benzene rings is 1. The molecule has 3 fully saturated rings. The number of ether oxygens (including phenoxy) is 2. The van der Waals surface area contributed by atoms with Crippen LogP contribution in [-0.4, -0.2) is 280 Å². The second-order valence-corrected chi connectivity index (χ2v) is 30.9. The van der Waals surface area contributed by atoms with Crippen LogP contribution in [0.15, 0.2) is 24.3 Å². The first-order valence-electron chi connectivity index (χ1n) is 38.8. The molecule has 113 heavy (non-hydrogen) atoms. The molecule has 4 rings (SSSR count). The first-order valence-corrected chi connectivity index (χ1v) is 38.8. The highest BCUT2D eigenvalue weighted by atomic mass is 16.6. The molecule has 3 aliphatic heterocycles.